The number of hydrogen-bond donors (Lipinski definition) is 1. The predicted octanol–water partition coefficient (Wildman–Crippen LogP) is 5.83. The fraction of sp³-hybridized carbons (Fsp3) is 0.538. The number of nitrogens with zero attached hydrogens (tertiary/aromatic N) is 4. The Hall–Kier alpha value is -2.16. The Labute approximate surface area is 217 Å². The van der Waals surface area contributed by atoms with Crippen molar-refractivity contribution in [3.05, 3.63) is 52.8 Å². The van der Waals surface area contributed by atoms with Crippen molar-refractivity contribution in [1.82, 2.24) is 9.21 Å². The average molecular weight is 524 g/mol. The first-order chi connectivity index (χ1) is 16.5. The van der Waals surface area contributed by atoms with Gasteiger partial charge in [-0.25, -0.2) is 18.4 Å². The van der Waals surface area contributed by atoms with Crippen molar-refractivity contribution >= 4 is 33.3 Å². The summed E-state index contributed by atoms with van der Waals surface area (Å²) >= 11 is 5.90. The second-order valence-electron chi connectivity index (χ2n) is 8.63. The molecule has 35 heavy (non-hydrogen) atoms. The minimum Gasteiger partial charge on any atom is -0.368 e. The van der Waals surface area contributed by atoms with Gasteiger partial charge in [0.1, 0.15) is 0 Å². The summed E-state index contributed by atoms with van der Waals surface area (Å²) in [5.41, 5.74) is 9.08. The van der Waals surface area contributed by atoms with Crippen LogP contribution in [0.25, 0.3) is 0 Å². The van der Waals surface area contributed by atoms with Gasteiger partial charge >= 0.3 is 0 Å². The zero-order chi connectivity index (χ0) is 26.8. The topological polar surface area (TPSA) is 91.4 Å². The first-order valence-electron chi connectivity index (χ1n) is 12.2. The number of sulfonamides is 1. The van der Waals surface area contributed by atoms with Crippen LogP contribution in [0.15, 0.2) is 62.7 Å². The third-order valence-electron chi connectivity index (χ3n) is 5.35. The Morgan fingerprint density at radius 2 is 1.80 bits per heavy atom. The Balaban J connectivity index is 0.00000298. The lowest BCUT2D eigenvalue weighted by atomic mass is 10.1. The molecule has 1 aliphatic rings. The molecule has 196 valence electrons. The molecular weight excluding hydrogens is 482 g/mol. The number of benzene rings is 1. The Morgan fingerprint density at radius 3 is 2.31 bits per heavy atom. The standard InChI is InChI=1S/C24H36ClN5O2S.C2H6/c1-7-14-30(18(4)5)23(17(2)3)19(6)27-24(26)28-21-9-8-15-29(16-21)33(31,32)22-12-10-20(25)11-13-22;1-2/h7,10-14,18,21H,8-9,15-16H2,1-6H3,(H2,26,28);1-2H3/b14-7-,27-19+;. The summed E-state index contributed by atoms with van der Waals surface area (Å²) < 4.78 is 27.5. The third-order valence-corrected chi connectivity index (χ3v) is 7.48. The van der Waals surface area contributed by atoms with Gasteiger partial charge in [0, 0.05) is 30.4 Å². The van der Waals surface area contributed by atoms with Gasteiger partial charge in [-0.1, -0.05) is 37.1 Å². The molecule has 7 nitrogen and oxygen atoms in total. The number of rotatable bonds is 7. The molecule has 1 aromatic rings. The lowest BCUT2D eigenvalue weighted by Gasteiger charge is -2.30. The van der Waals surface area contributed by atoms with Gasteiger partial charge in [0.05, 0.1) is 22.3 Å². The molecule has 1 atom stereocenters. The molecule has 1 unspecified atom stereocenters. The average Bonchev–Trinajstić information content (AvgIpc) is 2.80. The molecular formula is C26H42ClN5O2S. The largest absolute Gasteiger partial charge is 0.368 e. The number of piperidine rings is 1. The second kappa shape index (κ2) is 14.4. The van der Waals surface area contributed by atoms with Crippen LogP contribution in [-0.4, -0.2) is 54.5 Å². The van der Waals surface area contributed by atoms with Crippen molar-refractivity contribution in [3.63, 3.8) is 0 Å². The van der Waals surface area contributed by atoms with Crippen LogP contribution in [0.1, 0.15) is 68.2 Å². The van der Waals surface area contributed by atoms with E-state index in [9.17, 15) is 8.42 Å². The number of allylic oxidation sites excluding steroid dienone is 3. The normalized spacial score (nSPS) is 17.8. The van der Waals surface area contributed by atoms with Crippen molar-refractivity contribution in [1.29, 1.82) is 0 Å². The molecule has 1 saturated heterocycles. The molecule has 1 aliphatic heterocycles. The highest BCUT2D eigenvalue weighted by Crippen LogP contribution is 2.23. The van der Waals surface area contributed by atoms with E-state index in [1.54, 1.807) is 12.1 Å². The van der Waals surface area contributed by atoms with Gasteiger partial charge in [-0.2, -0.15) is 4.31 Å². The Kier molecular flexibility index (Phi) is 12.7. The molecule has 2 N–H and O–H groups in total. The van der Waals surface area contributed by atoms with Gasteiger partial charge in [-0.3, -0.25) is 0 Å². The van der Waals surface area contributed by atoms with E-state index in [1.807, 2.05) is 53.8 Å². The summed E-state index contributed by atoms with van der Waals surface area (Å²) in [5.74, 6) is 0.158. The van der Waals surface area contributed by atoms with Gasteiger partial charge in [0.2, 0.25) is 16.0 Å². The van der Waals surface area contributed by atoms with E-state index in [4.69, 9.17) is 17.3 Å². The van der Waals surface area contributed by atoms with E-state index >= 15 is 0 Å². The zero-order valence-corrected chi connectivity index (χ0v) is 24.0. The number of nitrogens with two attached hydrogens (primary N) is 1. The zero-order valence-electron chi connectivity index (χ0n) is 22.4. The lowest BCUT2D eigenvalue weighted by Crippen LogP contribution is -2.42. The van der Waals surface area contributed by atoms with Gasteiger partial charge in [-0.15, -0.1) is 0 Å². The molecule has 0 amide bonds. The van der Waals surface area contributed by atoms with Crippen LogP contribution in [0.4, 0.5) is 0 Å². The van der Waals surface area contributed by atoms with E-state index in [-0.39, 0.29) is 29.5 Å². The van der Waals surface area contributed by atoms with Crippen LogP contribution in [0.2, 0.25) is 5.02 Å². The van der Waals surface area contributed by atoms with E-state index in [0.717, 1.165) is 23.4 Å². The first kappa shape index (κ1) is 30.9. The van der Waals surface area contributed by atoms with Gasteiger partial charge < -0.3 is 10.6 Å². The molecule has 0 radical (unpaired) electrons. The van der Waals surface area contributed by atoms with Crippen LogP contribution < -0.4 is 5.73 Å². The molecule has 1 fully saturated rings. The maximum absolute atomic E-state index is 13.0. The first-order valence-corrected chi connectivity index (χ1v) is 14.0. The highest BCUT2D eigenvalue weighted by Gasteiger charge is 2.30. The number of guanidine groups is 1. The molecule has 1 aromatic carbocycles. The fourth-order valence-electron chi connectivity index (χ4n) is 3.91. The van der Waals surface area contributed by atoms with Crippen molar-refractivity contribution in [3.8, 4) is 0 Å². The highest BCUT2D eigenvalue weighted by molar-refractivity contribution is 7.89. The predicted molar refractivity (Wildman–Crippen MR) is 149 cm³/mol. The number of aliphatic imine (C=N–C) groups is 2. The van der Waals surface area contributed by atoms with Crippen LogP contribution in [0.5, 0.6) is 0 Å². The minimum atomic E-state index is -3.62. The SMILES string of the molecule is C/C=C\N(C(=C(C)C)/C(C)=N/C(N)=NC1CCCN(S(=O)(=O)c2ccc(Cl)cc2)C1)C(C)C.CC. The summed E-state index contributed by atoms with van der Waals surface area (Å²) in [6.07, 6.45) is 5.48. The van der Waals surface area contributed by atoms with Crippen molar-refractivity contribution in [2.24, 2.45) is 15.7 Å². The van der Waals surface area contributed by atoms with Gasteiger partial charge in [-0.05, 0) is 78.6 Å². The monoisotopic (exact) mass is 523 g/mol. The summed E-state index contributed by atoms with van der Waals surface area (Å²) in [5, 5.41) is 0.497. The molecule has 0 spiro atoms. The van der Waals surface area contributed by atoms with E-state index in [0.29, 0.717) is 18.0 Å². The van der Waals surface area contributed by atoms with Gasteiger partial charge in [0.15, 0.2) is 0 Å². The smallest absolute Gasteiger partial charge is 0.243 e. The lowest BCUT2D eigenvalue weighted by molar-refractivity contribution is 0.317. The molecule has 1 heterocycles. The summed E-state index contributed by atoms with van der Waals surface area (Å²) in [6.45, 7) is 16.9. The molecule has 0 aliphatic carbocycles. The van der Waals surface area contributed by atoms with Crippen molar-refractivity contribution in [2.75, 3.05) is 13.1 Å². The van der Waals surface area contributed by atoms with E-state index in [1.165, 1.54) is 16.4 Å². The van der Waals surface area contributed by atoms with E-state index < -0.39 is 10.0 Å². The molecule has 9 heteroatoms. The maximum Gasteiger partial charge on any atom is 0.243 e. The third kappa shape index (κ3) is 8.78. The number of hydrogen-bond acceptors (Lipinski definition) is 4. The number of halogens is 1. The minimum absolute atomic E-state index is 0.158. The highest BCUT2D eigenvalue weighted by atomic mass is 35.5. The summed E-state index contributed by atoms with van der Waals surface area (Å²) in [4.78, 5) is 11.5. The Morgan fingerprint density at radius 1 is 1.20 bits per heavy atom. The maximum atomic E-state index is 13.0. The molecule has 0 aromatic heterocycles. The van der Waals surface area contributed by atoms with Crippen molar-refractivity contribution in [2.45, 2.75) is 85.2 Å². The second-order valence-corrected chi connectivity index (χ2v) is 11.0. The fourth-order valence-corrected chi connectivity index (χ4v) is 5.56. The summed E-state index contributed by atoms with van der Waals surface area (Å²) in [7, 11) is -3.62. The Bertz CT molecular complexity index is 1040. The van der Waals surface area contributed by atoms with Crippen LogP contribution in [0, 0.1) is 0 Å². The quantitative estimate of drug-likeness (QED) is 0.359. The summed E-state index contributed by atoms with van der Waals surface area (Å²) in [6, 6.07) is 6.22. The molecule has 2 rings (SSSR count). The molecule has 0 bridgehead atoms. The van der Waals surface area contributed by atoms with Crippen LogP contribution in [0.3, 0.4) is 0 Å². The van der Waals surface area contributed by atoms with Gasteiger partial charge in [0.25, 0.3) is 0 Å². The van der Waals surface area contributed by atoms with E-state index in [2.05, 4.69) is 28.7 Å². The van der Waals surface area contributed by atoms with Crippen LogP contribution >= 0.6 is 11.6 Å². The molecule has 0 saturated carbocycles. The van der Waals surface area contributed by atoms with Crippen molar-refractivity contribution < 1.29 is 8.42 Å². The van der Waals surface area contributed by atoms with Crippen LogP contribution in [-0.2, 0) is 10.0 Å².